The first-order valence-corrected chi connectivity index (χ1v) is 9.45. The van der Waals surface area contributed by atoms with Gasteiger partial charge < -0.3 is 15.4 Å². The molecular formula is C18H18N4O4S. The Morgan fingerprint density at radius 3 is 2.78 bits per heavy atom. The maximum absolute atomic E-state index is 13.0. The number of fused-ring (bicyclic) bond motifs is 3. The number of hydrogen-bond donors (Lipinski definition) is 2. The number of benzene rings is 1. The Morgan fingerprint density at radius 1 is 1.30 bits per heavy atom. The molecule has 4 rings (SSSR count). The lowest BCUT2D eigenvalue weighted by atomic mass is 9.98. The zero-order valence-corrected chi connectivity index (χ0v) is 15.1. The number of amides is 1. The van der Waals surface area contributed by atoms with Gasteiger partial charge in [-0.15, -0.1) is 0 Å². The minimum atomic E-state index is -3.92. The summed E-state index contributed by atoms with van der Waals surface area (Å²) < 4.78 is 55.8. The molecule has 1 aliphatic rings. The molecule has 9 heteroatoms. The van der Waals surface area contributed by atoms with Gasteiger partial charge in [-0.2, -0.15) is 0 Å². The molecule has 0 radical (unpaired) electrons. The first-order chi connectivity index (χ1) is 14.1. The molecule has 3 heterocycles. The Kier molecular flexibility index (Phi) is 3.19. The van der Waals surface area contributed by atoms with E-state index in [9.17, 15) is 13.2 Å². The summed E-state index contributed by atoms with van der Waals surface area (Å²) in [6.45, 7) is -3.15. The maximum atomic E-state index is 13.0. The summed E-state index contributed by atoms with van der Waals surface area (Å²) in [5.74, 6) is -0.783. The van der Waals surface area contributed by atoms with Crippen LogP contribution in [0.2, 0.25) is 0 Å². The van der Waals surface area contributed by atoms with Crippen LogP contribution < -0.4 is 10.6 Å². The predicted octanol–water partition coefficient (Wildman–Crippen LogP) is 2.04. The second-order valence-corrected chi connectivity index (χ2v) is 7.95. The molecular weight excluding hydrogens is 368 g/mol. The number of aromatic nitrogens is 2. The van der Waals surface area contributed by atoms with E-state index in [2.05, 4.69) is 15.6 Å². The van der Waals surface area contributed by atoms with Gasteiger partial charge in [0.05, 0.1) is 29.1 Å². The van der Waals surface area contributed by atoms with Gasteiger partial charge in [0.2, 0.25) is 0 Å². The second kappa shape index (κ2) is 6.07. The van der Waals surface area contributed by atoms with Crippen LogP contribution >= 0.6 is 0 Å². The highest BCUT2D eigenvalue weighted by atomic mass is 32.2. The Hall–Kier alpha value is -2.91. The van der Waals surface area contributed by atoms with E-state index < -0.39 is 34.9 Å². The van der Waals surface area contributed by atoms with Crippen molar-refractivity contribution in [2.45, 2.75) is 17.3 Å². The third-order valence-electron chi connectivity index (χ3n) is 4.32. The molecule has 8 nitrogen and oxygen atoms in total. The van der Waals surface area contributed by atoms with Crippen LogP contribution in [0.1, 0.15) is 11.0 Å². The monoisotopic (exact) mass is 389 g/mol. The predicted molar refractivity (Wildman–Crippen MR) is 101 cm³/mol. The van der Waals surface area contributed by atoms with Crippen molar-refractivity contribution >= 4 is 38.3 Å². The van der Waals surface area contributed by atoms with Gasteiger partial charge in [-0.1, -0.05) is 18.2 Å². The van der Waals surface area contributed by atoms with E-state index in [0.29, 0.717) is 5.39 Å². The van der Waals surface area contributed by atoms with Crippen LogP contribution in [0.15, 0.2) is 53.7 Å². The molecule has 2 N–H and O–H groups in total. The minimum Gasteiger partial charge on any atom is -0.382 e. The summed E-state index contributed by atoms with van der Waals surface area (Å²) in [6.07, 6.45) is 2.63. The van der Waals surface area contributed by atoms with Crippen molar-refractivity contribution < 1.29 is 22.1 Å². The number of carbonyl (C=O) groups is 1. The number of nitrogens with one attached hydrogen (secondary N) is 2. The number of rotatable bonds is 4. The smallest absolute Gasteiger partial charge is 0.269 e. The van der Waals surface area contributed by atoms with Crippen LogP contribution in [0, 0.1) is 0 Å². The zero-order chi connectivity index (χ0) is 21.7. The number of ether oxygens (including phenoxy) is 1. The molecule has 0 spiro atoms. The highest BCUT2D eigenvalue weighted by Crippen LogP contribution is 2.37. The third-order valence-corrected chi connectivity index (χ3v) is 6.00. The normalized spacial score (nSPS) is 21.5. The average molecular weight is 389 g/mol. The molecule has 1 amide bonds. The number of pyridine rings is 1. The van der Waals surface area contributed by atoms with Gasteiger partial charge in [0.25, 0.3) is 15.9 Å². The van der Waals surface area contributed by atoms with Crippen LogP contribution in [-0.2, 0) is 19.6 Å². The SMILES string of the molecule is [2H]C([2H])([2H])[C@@]1(COC)Nc2c(cnc3c2ccn3S(=O)(=O)c2ccccc2)NC1=O. The Bertz CT molecular complexity index is 1240. The van der Waals surface area contributed by atoms with Crippen molar-refractivity contribution in [1.29, 1.82) is 0 Å². The standard InChI is InChI=1S/C18H18N4O4S/c1-18(11-26-2)17(23)20-14-10-19-16-13(15(14)21-18)8-9-22(16)27(24,25)12-6-4-3-5-7-12/h3-10,21H,11H2,1-2H3,(H,20,23)/t18-/m0/s1/i1D3. The average Bonchev–Trinajstić information content (AvgIpc) is 3.14. The van der Waals surface area contributed by atoms with Gasteiger partial charge in [0.1, 0.15) is 5.54 Å². The van der Waals surface area contributed by atoms with Crippen molar-refractivity contribution in [3.05, 3.63) is 48.8 Å². The molecule has 1 aromatic carbocycles. The molecule has 2 aromatic heterocycles. The molecule has 0 saturated heterocycles. The number of anilines is 2. The number of methoxy groups -OCH3 is 1. The van der Waals surface area contributed by atoms with Crippen molar-refractivity contribution in [1.82, 2.24) is 8.96 Å². The summed E-state index contributed by atoms with van der Waals surface area (Å²) in [5.41, 5.74) is -1.44. The van der Waals surface area contributed by atoms with Crippen molar-refractivity contribution in [3.8, 4) is 0 Å². The van der Waals surface area contributed by atoms with E-state index in [-0.39, 0.29) is 21.9 Å². The van der Waals surface area contributed by atoms with Gasteiger partial charge >= 0.3 is 0 Å². The van der Waals surface area contributed by atoms with E-state index in [0.717, 1.165) is 3.97 Å². The highest BCUT2D eigenvalue weighted by molar-refractivity contribution is 7.90. The molecule has 27 heavy (non-hydrogen) atoms. The number of hydrogen-bond acceptors (Lipinski definition) is 6. The fourth-order valence-corrected chi connectivity index (χ4v) is 4.33. The van der Waals surface area contributed by atoms with E-state index in [1.165, 1.54) is 37.7 Å². The van der Waals surface area contributed by atoms with Gasteiger partial charge in [0.15, 0.2) is 5.65 Å². The largest absolute Gasteiger partial charge is 0.382 e. The van der Waals surface area contributed by atoms with E-state index in [1.54, 1.807) is 18.2 Å². The summed E-state index contributed by atoms with van der Waals surface area (Å²) in [5, 5.41) is 5.70. The lowest BCUT2D eigenvalue weighted by molar-refractivity contribution is -0.121. The van der Waals surface area contributed by atoms with Crippen molar-refractivity contribution in [2.75, 3.05) is 24.4 Å². The lowest BCUT2D eigenvalue weighted by Crippen LogP contribution is -2.53. The van der Waals surface area contributed by atoms with E-state index in [1.807, 2.05) is 0 Å². The van der Waals surface area contributed by atoms with Gasteiger partial charge in [-0.3, -0.25) is 4.79 Å². The Morgan fingerprint density at radius 2 is 2.07 bits per heavy atom. The molecule has 3 aromatic rings. The second-order valence-electron chi connectivity index (χ2n) is 6.13. The summed E-state index contributed by atoms with van der Waals surface area (Å²) >= 11 is 0. The van der Waals surface area contributed by atoms with Crippen LogP contribution in [0.25, 0.3) is 11.0 Å². The molecule has 1 aliphatic heterocycles. The Labute approximate surface area is 160 Å². The van der Waals surface area contributed by atoms with Crippen molar-refractivity contribution in [2.24, 2.45) is 0 Å². The molecule has 0 unspecified atom stereocenters. The lowest BCUT2D eigenvalue weighted by Gasteiger charge is -2.35. The molecule has 0 saturated carbocycles. The molecule has 0 aliphatic carbocycles. The zero-order valence-electron chi connectivity index (χ0n) is 17.3. The molecule has 0 bridgehead atoms. The van der Waals surface area contributed by atoms with Crippen LogP contribution in [0.4, 0.5) is 11.4 Å². The van der Waals surface area contributed by atoms with E-state index in [4.69, 9.17) is 8.85 Å². The fourth-order valence-electron chi connectivity index (χ4n) is 3.01. The van der Waals surface area contributed by atoms with E-state index >= 15 is 0 Å². The van der Waals surface area contributed by atoms with Crippen LogP contribution in [0.5, 0.6) is 0 Å². The Balaban J connectivity index is 1.90. The first kappa shape index (κ1) is 14.2. The highest BCUT2D eigenvalue weighted by Gasteiger charge is 2.39. The number of nitrogens with zero attached hydrogens (tertiary/aromatic N) is 2. The van der Waals surface area contributed by atoms with Gasteiger partial charge in [-0.05, 0) is 25.1 Å². The first-order valence-electron chi connectivity index (χ1n) is 9.51. The van der Waals surface area contributed by atoms with Gasteiger partial charge in [-0.25, -0.2) is 17.4 Å². The topological polar surface area (TPSA) is 102 Å². The summed E-state index contributed by atoms with van der Waals surface area (Å²) in [4.78, 5) is 16.9. The molecule has 140 valence electrons. The minimum absolute atomic E-state index is 0.0829. The van der Waals surface area contributed by atoms with Gasteiger partial charge in [0, 0.05) is 22.8 Å². The van der Waals surface area contributed by atoms with Crippen LogP contribution in [0.3, 0.4) is 0 Å². The summed E-state index contributed by atoms with van der Waals surface area (Å²) in [6, 6.07) is 9.37. The maximum Gasteiger partial charge on any atom is 0.269 e. The molecule has 1 atom stereocenters. The van der Waals surface area contributed by atoms with Crippen LogP contribution in [-0.4, -0.2) is 42.5 Å². The van der Waals surface area contributed by atoms with Crippen molar-refractivity contribution in [3.63, 3.8) is 0 Å². The molecule has 0 fully saturated rings. The quantitative estimate of drug-likeness (QED) is 0.708. The fraction of sp³-hybridized carbons (Fsp3) is 0.222. The summed E-state index contributed by atoms with van der Waals surface area (Å²) in [7, 11) is -2.63. The third kappa shape index (κ3) is 2.66. The number of carbonyl (C=O) groups excluding carboxylic acids is 1.